The van der Waals surface area contributed by atoms with Crippen molar-refractivity contribution in [3.8, 4) is 5.75 Å². The first kappa shape index (κ1) is 20.0. The van der Waals surface area contributed by atoms with Gasteiger partial charge in [0.25, 0.3) is 0 Å². The quantitative estimate of drug-likeness (QED) is 0.435. The van der Waals surface area contributed by atoms with Crippen molar-refractivity contribution in [2.24, 2.45) is 0 Å². The zero-order chi connectivity index (χ0) is 19.2. The first-order valence-corrected chi connectivity index (χ1v) is 9.75. The predicted octanol–water partition coefficient (Wildman–Crippen LogP) is 6.69. The van der Waals surface area contributed by atoms with Gasteiger partial charge in [-0.2, -0.15) is 0 Å². The number of hydrogen-bond donors (Lipinski definition) is 1. The van der Waals surface area contributed by atoms with Crippen LogP contribution in [0.4, 0.5) is 0 Å². The van der Waals surface area contributed by atoms with Crippen LogP contribution in [-0.2, 0) is 13.2 Å². The summed E-state index contributed by atoms with van der Waals surface area (Å²) in [5.74, 6) is 0.692. The largest absolute Gasteiger partial charge is 0.488 e. The third-order valence-electron chi connectivity index (χ3n) is 3.90. The summed E-state index contributed by atoms with van der Waals surface area (Å²) in [5, 5.41) is 5.13. The molecule has 0 fully saturated rings. The molecule has 0 atom stereocenters. The zero-order valence-electron chi connectivity index (χ0n) is 14.2. The molecule has 2 nitrogen and oxygen atoms in total. The lowest BCUT2D eigenvalue weighted by Crippen LogP contribution is -2.22. The number of halogens is 3. The second-order valence-electron chi connectivity index (χ2n) is 5.83. The van der Waals surface area contributed by atoms with E-state index in [0.29, 0.717) is 39.0 Å². The van der Waals surface area contributed by atoms with Gasteiger partial charge in [0.2, 0.25) is 0 Å². The molecule has 0 spiro atoms. The smallest absolute Gasteiger partial charge is 0.129 e. The predicted molar refractivity (Wildman–Crippen MR) is 117 cm³/mol. The lowest BCUT2D eigenvalue weighted by Gasteiger charge is -2.14. The first-order valence-electron chi connectivity index (χ1n) is 8.21. The minimum absolute atomic E-state index is 0.326. The fraction of sp³-hybridized carbons (Fsp3) is 0.0952. The number of nitrogens with one attached hydrogen (secondary N) is 1. The van der Waals surface area contributed by atoms with Gasteiger partial charge in [-0.3, -0.25) is 0 Å². The molecule has 3 aromatic carbocycles. The molecule has 0 saturated carbocycles. The van der Waals surface area contributed by atoms with Crippen molar-refractivity contribution in [2.75, 3.05) is 0 Å². The van der Waals surface area contributed by atoms with Crippen LogP contribution in [0.3, 0.4) is 0 Å². The Morgan fingerprint density at radius 1 is 0.889 bits per heavy atom. The van der Waals surface area contributed by atoms with Crippen LogP contribution in [0.2, 0.25) is 15.1 Å². The molecular weight excluding hydrogens is 421 g/mol. The Kier molecular flexibility index (Phi) is 6.97. The van der Waals surface area contributed by atoms with E-state index in [-0.39, 0.29) is 0 Å². The van der Waals surface area contributed by atoms with Gasteiger partial charge in [-0.25, -0.2) is 0 Å². The van der Waals surface area contributed by atoms with Crippen LogP contribution >= 0.6 is 47.0 Å². The molecule has 27 heavy (non-hydrogen) atoms. The average molecular weight is 437 g/mol. The zero-order valence-corrected chi connectivity index (χ0v) is 17.3. The standard InChI is InChI=1S/C21H16Cl3NOS/c22-16-8-5-14(6-9-16)12-25-21(27)18-3-1-2-4-20(18)26-13-15-7-10-17(23)11-19(15)24/h1-11H,12-13H2,(H,25,27). The van der Waals surface area contributed by atoms with E-state index in [1.54, 1.807) is 12.1 Å². The monoisotopic (exact) mass is 435 g/mol. The molecule has 3 aromatic rings. The van der Waals surface area contributed by atoms with Gasteiger partial charge in [-0.1, -0.05) is 77.4 Å². The molecule has 3 rings (SSSR count). The van der Waals surface area contributed by atoms with Gasteiger partial charge in [-0.05, 0) is 42.0 Å². The summed E-state index contributed by atoms with van der Waals surface area (Å²) in [6.07, 6.45) is 0. The van der Waals surface area contributed by atoms with Crippen molar-refractivity contribution in [1.29, 1.82) is 0 Å². The van der Waals surface area contributed by atoms with E-state index in [4.69, 9.17) is 51.8 Å². The fourth-order valence-electron chi connectivity index (χ4n) is 2.45. The first-order chi connectivity index (χ1) is 13.0. The van der Waals surface area contributed by atoms with E-state index in [9.17, 15) is 0 Å². The Labute approximate surface area is 179 Å². The lowest BCUT2D eigenvalue weighted by atomic mass is 10.1. The van der Waals surface area contributed by atoms with E-state index in [2.05, 4.69) is 5.32 Å². The lowest BCUT2D eigenvalue weighted by molar-refractivity contribution is 0.305. The topological polar surface area (TPSA) is 21.3 Å². The summed E-state index contributed by atoms with van der Waals surface area (Å²) in [6, 6.07) is 20.6. The molecule has 0 saturated heterocycles. The number of ether oxygens (including phenoxy) is 1. The SMILES string of the molecule is S=C(NCc1ccc(Cl)cc1)c1ccccc1OCc1ccc(Cl)cc1Cl. The highest BCUT2D eigenvalue weighted by Crippen LogP contribution is 2.24. The normalized spacial score (nSPS) is 10.5. The van der Waals surface area contributed by atoms with Gasteiger partial charge in [0, 0.05) is 27.2 Å². The second kappa shape index (κ2) is 9.43. The summed E-state index contributed by atoms with van der Waals surface area (Å²) in [5.41, 5.74) is 2.77. The van der Waals surface area contributed by atoms with E-state index in [1.807, 2.05) is 54.6 Å². The maximum absolute atomic E-state index is 6.21. The van der Waals surface area contributed by atoms with Crippen LogP contribution in [0.1, 0.15) is 16.7 Å². The van der Waals surface area contributed by atoms with Crippen molar-refractivity contribution in [3.63, 3.8) is 0 Å². The van der Waals surface area contributed by atoms with Crippen LogP contribution in [0, 0.1) is 0 Å². The molecule has 0 amide bonds. The van der Waals surface area contributed by atoms with Gasteiger partial charge in [0.1, 0.15) is 17.3 Å². The van der Waals surface area contributed by atoms with Gasteiger partial charge in [0.05, 0.1) is 5.56 Å². The van der Waals surface area contributed by atoms with Crippen molar-refractivity contribution in [2.45, 2.75) is 13.2 Å². The molecule has 0 radical (unpaired) electrons. The van der Waals surface area contributed by atoms with Gasteiger partial charge in [-0.15, -0.1) is 0 Å². The molecule has 0 aliphatic carbocycles. The molecule has 0 aliphatic rings. The van der Waals surface area contributed by atoms with Crippen LogP contribution in [0.25, 0.3) is 0 Å². The molecule has 6 heteroatoms. The van der Waals surface area contributed by atoms with Crippen LogP contribution in [0.5, 0.6) is 5.75 Å². The highest BCUT2D eigenvalue weighted by atomic mass is 35.5. The van der Waals surface area contributed by atoms with E-state index >= 15 is 0 Å². The molecule has 138 valence electrons. The van der Waals surface area contributed by atoms with Crippen molar-refractivity contribution in [1.82, 2.24) is 5.32 Å². The highest BCUT2D eigenvalue weighted by molar-refractivity contribution is 7.80. The van der Waals surface area contributed by atoms with Gasteiger partial charge < -0.3 is 10.1 Å². The molecule has 1 N–H and O–H groups in total. The second-order valence-corrected chi connectivity index (χ2v) is 7.52. The van der Waals surface area contributed by atoms with Crippen molar-refractivity contribution >= 4 is 52.0 Å². The minimum Gasteiger partial charge on any atom is -0.488 e. The molecule has 0 unspecified atom stereocenters. The fourth-order valence-corrected chi connectivity index (χ4v) is 3.28. The molecule has 0 heterocycles. The number of thiocarbonyl (C=S) groups is 1. The maximum atomic E-state index is 6.21. The van der Waals surface area contributed by atoms with E-state index in [0.717, 1.165) is 16.7 Å². The van der Waals surface area contributed by atoms with Gasteiger partial charge >= 0.3 is 0 Å². The van der Waals surface area contributed by atoms with Crippen LogP contribution in [0.15, 0.2) is 66.7 Å². The Hall–Kier alpha value is -1.78. The van der Waals surface area contributed by atoms with Crippen LogP contribution < -0.4 is 10.1 Å². The van der Waals surface area contributed by atoms with Crippen molar-refractivity contribution in [3.05, 3.63) is 98.5 Å². The number of rotatable bonds is 6. The number of hydrogen-bond acceptors (Lipinski definition) is 2. The van der Waals surface area contributed by atoms with E-state index < -0.39 is 0 Å². The molecule has 0 aromatic heterocycles. The Morgan fingerprint density at radius 2 is 1.59 bits per heavy atom. The molecule has 0 bridgehead atoms. The van der Waals surface area contributed by atoms with E-state index in [1.165, 1.54) is 0 Å². The summed E-state index contributed by atoms with van der Waals surface area (Å²) in [7, 11) is 0. The summed E-state index contributed by atoms with van der Waals surface area (Å²) in [6.45, 7) is 0.931. The van der Waals surface area contributed by atoms with Crippen molar-refractivity contribution < 1.29 is 4.74 Å². The van der Waals surface area contributed by atoms with Crippen LogP contribution in [-0.4, -0.2) is 4.99 Å². The Bertz CT molecular complexity index is 944. The molecule has 0 aliphatic heterocycles. The number of para-hydroxylation sites is 1. The maximum Gasteiger partial charge on any atom is 0.129 e. The minimum atomic E-state index is 0.326. The number of benzene rings is 3. The van der Waals surface area contributed by atoms with Gasteiger partial charge in [0.15, 0.2) is 0 Å². The molecular formula is C21H16Cl3NOS. The highest BCUT2D eigenvalue weighted by Gasteiger charge is 2.10. The summed E-state index contributed by atoms with van der Waals surface area (Å²) in [4.78, 5) is 0.614. The average Bonchev–Trinajstić information content (AvgIpc) is 2.67. The third-order valence-corrected chi connectivity index (χ3v) is 5.10. The summed E-state index contributed by atoms with van der Waals surface area (Å²) < 4.78 is 5.96. The summed E-state index contributed by atoms with van der Waals surface area (Å²) >= 11 is 23.6. The Balaban J connectivity index is 1.67. The Morgan fingerprint density at radius 3 is 2.33 bits per heavy atom. The third kappa shape index (κ3) is 5.60.